The second-order valence-electron chi connectivity index (χ2n) is 6.08. The Morgan fingerprint density at radius 2 is 2.11 bits per heavy atom. The number of nitrogens with zero attached hydrogens (tertiary/aromatic N) is 1. The van der Waals surface area contributed by atoms with Gasteiger partial charge in [0.05, 0.1) is 18.2 Å². The normalized spacial score (nSPS) is 13.6. The minimum Gasteiger partial charge on any atom is -0.492 e. The lowest BCUT2D eigenvalue weighted by Gasteiger charge is -2.17. The lowest BCUT2D eigenvalue weighted by molar-refractivity contribution is -0.117. The molecule has 1 aliphatic rings. The summed E-state index contributed by atoms with van der Waals surface area (Å²) in [5, 5.41) is 2.88. The van der Waals surface area contributed by atoms with Gasteiger partial charge in [0, 0.05) is 29.9 Å². The quantitative estimate of drug-likeness (QED) is 0.740. The molecular formula is C20H21BrN2O4. The Morgan fingerprint density at radius 3 is 2.78 bits per heavy atom. The van der Waals surface area contributed by atoms with Gasteiger partial charge < -0.3 is 19.7 Å². The highest BCUT2D eigenvalue weighted by Gasteiger charge is 2.22. The van der Waals surface area contributed by atoms with Crippen molar-refractivity contribution in [3.8, 4) is 11.5 Å². The highest BCUT2D eigenvalue weighted by molar-refractivity contribution is 9.10. The van der Waals surface area contributed by atoms with Crippen molar-refractivity contribution in [2.24, 2.45) is 0 Å². The monoisotopic (exact) mass is 432 g/mol. The third kappa shape index (κ3) is 4.24. The van der Waals surface area contributed by atoms with Gasteiger partial charge in [0.25, 0.3) is 5.91 Å². The predicted molar refractivity (Wildman–Crippen MR) is 108 cm³/mol. The van der Waals surface area contributed by atoms with Crippen LogP contribution in [0.25, 0.3) is 0 Å². The van der Waals surface area contributed by atoms with Crippen LogP contribution in [0.2, 0.25) is 0 Å². The van der Waals surface area contributed by atoms with Crippen LogP contribution in [0.15, 0.2) is 40.9 Å². The predicted octanol–water partition coefficient (Wildman–Crippen LogP) is 4.24. The minimum absolute atomic E-state index is 0.110. The zero-order chi connectivity index (χ0) is 19.4. The first-order chi connectivity index (χ1) is 13.0. The molecule has 1 heterocycles. The summed E-state index contributed by atoms with van der Waals surface area (Å²) in [5.74, 6) is 0.877. The van der Waals surface area contributed by atoms with E-state index < -0.39 is 0 Å². The van der Waals surface area contributed by atoms with Crippen LogP contribution in [0.1, 0.15) is 30.1 Å². The van der Waals surface area contributed by atoms with E-state index in [4.69, 9.17) is 9.47 Å². The fourth-order valence-corrected chi connectivity index (χ4v) is 3.64. The fourth-order valence-electron chi connectivity index (χ4n) is 3.04. The minimum atomic E-state index is -0.274. The van der Waals surface area contributed by atoms with E-state index in [0.717, 1.165) is 12.1 Å². The number of methoxy groups -OCH3 is 1. The summed E-state index contributed by atoms with van der Waals surface area (Å²) >= 11 is 3.42. The number of ether oxygens (including phenoxy) is 2. The molecule has 0 unspecified atom stereocenters. The summed E-state index contributed by atoms with van der Waals surface area (Å²) in [6.07, 6.45) is 1.42. The van der Waals surface area contributed by atoms with E-state index in [0.29, 0.717) is 46.8 Å². The number of benzene rings is 2. The maximum absolute atomic E-state index is 12.7. The smallest absolute Gasteiger partial charge is 0.255 e. The Bertz CT molecular complexity index is 869. The molecule has 6 nitrogen and oxygen atoms in total. The van der Waals surface area contributed by atoms with E-state index >= 15 is 0 Å². The van der Waals surface area contributed by atoms with Crippen LogP contribution < -0.4 is 19.7 Å². The van der Waals surface area contributed by atoms with Gasteiger partial charge in [-0.25, -0.2) is 0 Å². The average Bonchev–Trinajstić information content (AvgIpc) is 3.08. The molecule has 0 aliphatic carbocycles. The summed E-state index contributed by atoms with van der Waals surface area (Å²) in [6, 6.07) is 10.6. The van der Waals surface area contributed by atoms with Crippen molar-refractivity contribution >= 4 is 39.1 Å². The molecule has 0 bridgehead atoms. The summed E-state index contributed by atoms with van der Waals surface area (Å²) in [6.45, 7) is 3.03. The second kappa shape index (κ2) is 8.43. The lowest BCUT2D eigenvalue weighted by Crippen LogP contribution is -2.23. The highest BCUT2D eigenvalue weighted by Crippen LogP contribution is 2.36. The molecule has 0 spiro atoms. The molecule has 0 radical (unpaired) electrons. The number of anilines is 2. The van der Waals surface area contributed by atoms with Crippen LogP contribution in [0.5, 0.6) is 11.5 Å². The SMILES string of the molecule is CCOc1cc(C(=O)Nc2cccc(N3CCCC3=O)c2)cc(Br)c1OC. The van der Waals surface area contributed by atoms with Gasteiger partial charge in [-0.3, -0.25) is 9.59 Å². The van der Waals surface area contributed by atoms with E-state index in [1.807, 2.05) is 25.1 Å². The molecule has 2 aromatic rings. The van der Waals surface area contributed by atoms with Gasteiger partial charge in [-0.1, -0.05) is 6.07 Å². The standard InChI is InChI=1S/C20H21BrN2O4/c1-3-27-17-11-13(10-16(21)19(17)26-2)20(25)22-14-6-4-7-15(12-14)23-9-5-8-18(23)24/h4,6-7,10-12H,3,5,8-9H2,1-2H3,(H,22,25). The molecule has 3 rings (SSSR count). The van der Waals surface area contributed by atoms with Crippen molar-refractivity contribution in [2.75, 3.05) is 30.5 Å². The van der Waals surface area contributed by atoms with Crippen LogP contribution >= 0.6 is 15.9 Å². The number of hydrogen-bond acceptors (Lipinski definition) is 4. The number of halogens is 1. The van der Waals surface area contributed by atoms with Crippen LogP contribution in [-0.4, -0.2) is 32.1 Å². The van der Waals surface area contributed by atoms with Crippen LogP contribution in [-0.2, 0) is 4.79 Å². The second-order valence-corrected chi connectivity index (χ2v) is 6.93. The third-order valence-electron chi connectivity index (χ3n) is 4.26. The molecule has 1 aliphatic heterocycles. The van der Waals surface area contributed by atoms with Gasteiger partial charge in [0.1, 0.15) is 0 Å². The van der Waals surface area contributed by atoms with Gasteiger partial charge in [-0.15, -0.1) is 0 Å². The Hall–Kier alpha value is -2.54. The third-order valence-corrected chi connectivity index (χ3v) is 4.85. The first-order valence-electron chi connectivity index (χ1n) is 8.75. The Morgan fingerprint density at radius 1 is 1.30 bits per heavy atom. The van der Waals surface area contributed by atoms with E-state index in [9.17, 15) is 9.59 Å². The Balaban J connectivity index is 1.82. The Kier molecular flexibility index (Phi) is 6.01. The summed E-state index contributed by atoms with van der Waals surface area (Å²) in [4.78, 5) is 26.4. The molecule has 7 heteroatoms. The maximum atomic E-state index is 12.7. The van der Waals surface area contributed by atoms with Crippen molar-refractivity contribution < 1.29 is 19.1 Å². The van der Waals surface area contributed by atoms with Crippen molar-refractivity contribution in [3.63, 3.8) is 0 Å². The van der Waals surface area contributed by atoms with E-state index in [1.165, 1.54) is 0 Å². The molecule has 1 fully saturated rings. The van der Waals surface area contributed by atoms with E-state index in [-0.39, 0.29) is 11.8 Å². The number of carbonyl (C=O) groups excluding carboxylic acids is 2. The lowest BCUT2D eigenvalue weighted by atomic mass is 10.1. The average molecular weight is 433 g/mol. The van der Waals surface area contributed by atoms with Gasteiger partial charge in [-0.2, -0.15) is 0 Å². The highest BCUT2D eigenvalue weighted by atomic mass is 79.9. The zero-order valence-electron chi connectivity index (χ0n) is 15.3. The molecular weight excluding hydrogens is 412 g/mol. The van der Waals surface area contributed by atoms with E-state index in [1.54, 1.807) is 30.2 Å². The fraction of sp³-hybridized carbons (Fsp3) is 0.300. The van der Waals surface area contributed by atoms with E-state index in [2.05, 4.69) is 21.2 Å². The Labute approximate surface area is 166 Å². The van der Waals surface area contributed by atoms with Gasteiger partial charge in [0.15, 0.2) is 11.5 Å². The number of amides is 2. The number of rotatable bonds is 6. The van der Waals surface area contributed by atoms with Crippen molar-refractivity contribution in [2.45, 2.75) is 19.8 Å². The van der Waals surface area contributed by atoms with Crippen LogP contribution in [0, 0.1) is 0 Å². The largest absolute Gasteiger partial charge is 0.492 e. The molecule has 2 amide bonds. The number of carbonyl (C=O) groups is 2. The summed E-state index contributed by atoms with van der Waals surface area (Å²) < 4.78 is 11.5. The van der Waals surface area contributed by atoms with Gasteiger partial charge >= 0.3 is 0 Å². The van der Waals surface area contributed by atoms with Gasteiger partial charge in [0.2, 0.25) is 5.91 Å². The molecule has 27 heavy (non-hydrogen) atoms. The first kappa shape index (κ1) is 19.2. The topological polar surface area (TPSA) is 67.9 Å². The molecule has 1 saturated heterocycles. The molecule has 0 saturated carbocycles. The van der Waals surface area contributed by atoms with Gasteiger partial charge in [-0.05, 0) is 59.6 Å². The molecule has 2 aromatic carbocycles. The summed E-state index contributed by atoms with van der Waals surface area (Å²) in [5.41, 5.74) is 1.86. The molecule has 1 N–H and O–H groups in total. The van der Waals surface area contributed by atoms with Crippen LogP contribution in [0.4, 0.5) is 11.4 Å². The first-order valence-corrected chi connectivity index (χ1v) is 9.55. The zero-order valence-corrected chi connectivity index (χ0v) is 16.8. The summed E-state index contributed by atoms with van der Waals surface area (Å²) in [7, 11) is 1.55. The maximum Gasteiger partial charge on any atom is 0.255 e. The van der Waals surface area contributed by atoms with Crippen LogP contribution in [0.3, 0.4) is 0 Å². The van der Waals surface area contributed by atoms with Crippen molar-refractivity contribution in [3.05, 3.63) is 46.4 Å². The molecule has 0 aromatic heterocycles. The number of hydrogen-bond donors (Lipinski definition) is 1. The number of nitrogens with one attached hydrogen (secondary N) is 1. The van der Waals surface area contributed by atoms with Crippen molar-refractivity contribution in [1.29, 1.82) is 0 Å². The molecule has 0 atom stereocenters. The molecule has 142 valence electrons. The van der Waals surface area contributed by atoms with Crippen molar-refractivity contribution in [1.82, 2.24) is 0 Å².